The first kappa shape index (κ1) is 7.99. The van der Waals surface area contributed by atoms with Crippen LogP contribution < -0.4 is 0 Å². The molecule has 57 valence electrons. The largest absolute Gasteiger partial charge is 0.357 e. The van der Waals surface area contributed by atoms with Gasteiger partial charge >= 0.3 is 0 Å². The summed E-state index contributed by atoms with van der Waals surface area (Å²) in [4.78, 5) is 3.65. The first-order chi connectivity index (χ1) is 4.77. The maximum absolute atomic E-state index is 3.35. The molecule has 1 radical (unpaired) electrons. The summed E-state index contributed by atoms with van der Waals surface area (Å²) in [7, 11) is 0. The van der Waals surface area contributed by atoms with E-state index in [-0.39, 0.29) is 0 Å². The third-order valence-corrected chi connectivity index (χ3v) is 2.94. The Balaban J connectivity index is 2.52. The Kier molecular flexibility index (Phi) is 2.66. The number of allylic oxidation sites excluding steroid dienone is 1. The average molecular weight is 156 g/mol. The van der Waals surface area contributed by atoms with Crippen molar-refractivity contribution in [2.45, 2.75) is 32.6 Å². The summed E-state index contributed by atoms with van der Waals surface area (Å²) in [6.07, 6.45) is 4.48. The van der Waals surface area contributed by atoms with Crippen LogP contribution in [0.1, 0.15) is 27.2 Å². The molecule has 1 atom stereocenters. The summed E-state index contributed by atoms with van der Waals surface area (Å²) in [6, 6.07) is 0. The molecule has 1 unspecified atom stereocenters. The summed E-state index contributed by atoms with van der Waals surface area (Å²) in [5, 5.41) is 0.611. The van der Waals surface area contributed by atoms with E-state index < -0.39 is 0 Å². The zero-order valence-electron chi connectivity index (χ0n) is 6.85. The Morgan fingerprint density at radius 3 is 2.60 bits per heavy atom. The third kappa shape index (κ3) is 1.48. The van der Waals surface area contributed by atoms with Gasteiger partial charge in [0.1, 0.15) is 0 Å². The van der Waals surface area contributed by atoms with E-state index >= 15 is 0 Å². The Morgan fingerprint density at radius 1 is 1.60 bits per heavy atom. The topological polar surface area (TPSA) is 3.24 Å². The van der Waals surface area contributed by atoms with Crippen LogP contribution in [0, 0.1) is 6.20 Å². The van der Waals surface area contributed by atoms with Crippen molar-refractivity contribution in [1.82, 2.24) is 4.90 Å². The average Bonchev–Trinajstić information content (AvgIpc) is 2.30. The van der Waals surface area contributed by atoms with Crippen molar-refractivity contribution in [2.24, 2.45) is 0 Å². The number of rotatable bonds is 2. The van der Waals surface area contributed by atoms with Crippen molar-refractivity contribution in [3.8, 4) is 0 Å². The number of hydrogen-bond donors (Lipinski definition) is 0. The summed E-state index contributed by atoms with van der Waals surface area (Å²) in [5.74, 6) is 0. The molecule has 0 bridgehead atoms. The third-order valence-electron chi connectivity index (χ3n) is 1.68. The molecule has 0 saturated carbocycles. The van der Waals surface area contributed by atoms with Gasteiger partial charge in [-0.25, -0.2) is 0 Å². The van der Waals surface area contributed by atoms with E-state index in [2.05, 4.69) is 31.9 Å². The lowest BCUT2D eigenvalue weighted by Gasteiger charge is -2.17. The van der Waals surface area contributed by atoms with Gasteiger partial charge < -0.3 is 4.90 Å². The fourth-order valence-electron chi connectivity index (χ4n) is 1.05. The fourth-order valence-corrected chi connectivity index (χ4v) is 2.12. The highest BCUT2D eigenvalue weighted by Gasteiger charge is 2.18. The predicted molar refractivity (Wildman–Crippen MR) is 46.5 cm³/mol. The van der Waals surface area contributed by atoms with E-state index in [0.717, 1.165) is 13.0 Å². The van der Waals surface area contributed by atoms with E-state index in [1.54, 1.807) is 0 Å². The molecule has 1 aliphatic heterocycles. The molecule has 0 N–H and O–H groups in total. The molecular formula is C8H14NS. The lowest BCUT2D eigenvalue weighted by Crippen LogP contribution is -2.21. The van der Waals surface area contributed by atoms with Gasteiger partial charge in [-0.05, 0) is 20.3 Å². The van der Waals surface area contributed by atoms with E-state index in [4.69, 9.17) is 0 Å². The van der Waals surface area contributed by atoms with Gasteiger partial charge in [0.2, 0.25) is 0 Å². The normalized spacial score (nSPS) is 25.3. The minimum absolute atomic E-state index is 0.611. The fraction of sp³-hybridized carbons (Fsp3) is 0.750. The highest BCUT2D eigenvalue weighted by atomic mass is 32.2. The first-order valence-electron chi connectivity index (χ1n) is 3.83. The molecule has 10 heavy (non-hydrogen) atoms. The van der Waals surface area contributed by atoms with Gasteiger partial charge in [-0.3, -0.25) is 0 Å². The molecule has 0 aromatic carbocycles. The smallest absolute Gasteiger partial charge is 0.0767 e. The van der Waals surface area contributed by atoms with Crippen LogP contribution in [0.3, 0.4) is 0 Å². The maximum atomic E-state index is 3.35. The Labute approximate surface area is 67.5 Å². The Morgan fingerprint density at radius 2 is 2.30 bits per heavy atom. The summed E-state index contributed by atoms with van der Waals surface area (Å²) in [6.45, 7) is 7.66. The quantitative estimate of drug-likeness (QED) is 0.604. The Bertz CT molecular complexity index is 142. The van der Waals surface area contributed by atoms with E-state index in [0.29, 0.717) is 5.37 Å². The summed E-state index contributed by atoms with van der Waals surface area (Å²) in [5.41, 5.74) is 0. The molecule has 1 rings (SSSR count). The van der Waals surface area contributed by atoms with Gasteiger partial charge in [0.25, 0.3) is 0 Å². The van der Waals surface area contributed by atoms with Crippen molar-refractivity contribution in [1.29, 1.82) is 0 Å². The molecule has 0 spiro atoms. The van der Waals surface area contributed by atoms with Crippen molar-refractivity contribution in [2.75, 3.05) is 6.54 Å². The van der Waals surface area contributed by atoms with Crippen LogP contribution in [0.5, 0.6) is 0 Å². The number of hydrogen-bond acceptors (Lipinski definition) is 2. The van der Waals surface area contributed by atoms with Gasteiger partial charge in [0, 0.05) is 11.4 Å². The van der Waals surface area contributed by atoms with E-state index in [9.17, 15) is 0 Å². The van der Waals surface area contributed by atoms with Crippen molar-refractivity contribution in [3.63, 3.8) is 0 Å². The highest BCUT2D eigenvalue weighted by Crippen LogP contribution is 2.32. The molecule has 0 aromatic heterocycles. The van der Waals surface area contributed by atoms with Crippen LogP contribution in [0.25, 0.3) is 0 Å². The molecule has 0 aliphatic carbocycles. The van der Waals surface area contributed by atoms with Crippen molar-refractivity contribution in [3.05, 3.63) is 11.1 Å². The lowest BCUT2D eigenvalue weighted by atomic mass is 10.4. The zero-order valence-corrected chi connectivity index (χ0v) is 7.66. The first-order valence-corrected chi connectivity index (χ1v) is 4.71. The highest BCUT2D eigenvalue weighted by molar-refractivity contribution is 8.03. The summed E-state index contributed by atoms with van der Waals surface area (Å²) < 4.78 is 0. The van der Waals surface area contributed by atoms with Gasteiger partial charge in [-0.1, -0.05) is 6.92 Å². The summed E-state index contributed by atoms with van der Waals surface area (Å²) >= 11 is 1.93. The maximum Gasteiger partial charge on any atom is 0.0767 e. The number of thioether (sulfide) groups is 1. The van der Waals surface area contributed by atoms with Gasteiger partial charge in [0.15, 0.2) is 0 Å². The molecule has 0 saturated heterocycles. The second-order valence-electron chi connectivity index (χ2n) is 2.39. The molecule has 1 heterocycles. The van der Waals surface area contributed by atoms with Crippen molar-refractivity contribution < 1.29 is 0 Å². The van der Waals surface area contributed by atoms with Crippen LogP contribution in [-0.2, 0) is 0 Å². The van der Waals surface area contributed by atoms with Crippen molar-refractivity contribution >= 4 is 11.8 Å². The minimum atomic E-state index is 0.611. The van der Waals surface area contributed by atoms with Crippen LogP contribution in [0.4, 0.5) is 0 Å². The second-order valence-corrected chi connectivity index (χ2v) is 3.80. The SMILES string of the molecule is CCC1=[C]N(CC)C(C)S1. The standard InChI is InChI=1S/C8H14NS/c1-4-8-6-9(5-2)7(3)10-8/h7H,4-5H2,1-3H3. The second kappa shape index (κ2) is 3.33. The molecular weight excluding hydrogens is 142 g/mol. The van der Waals surface area contributed by atoms with Crippen LogP contribution >= 0.6 is 11.8 Å². The van der Waals surface area contributed by atoms with E-state index in [1.807, 2.05) is 11.8 Å². The molecule has 0 amide bonds. The minimum Gasteiger partial charge on any atom is -0.357 e. The molecule has 1 nitrogen and oxygen atoms in total. The zero-order chi connectivity index (χ0) is 7.56. The van der Waals surface area contributed by atoms with Gasteiger partial charge in [0.05, 0.1) is 11.6 Å². The monoisotopic (exact) mass is 156 g/mol. The molecule has 1 aliphatic rings. The Hall–Kier alpha value is -0.110. The van der Waals surface area contributed by atoms with Crippen LogP contribution in [-0.4, -0.2) is 16.8 Å². The number of nitrogens with zero attached hydrogens (tertiary/aromatic N) is 1. The molecule has 0 fully saturated rings. The van der Waals surface area contributed by atoms with E-state index in [1.165, 1.54) is 4.91 Å². The predicted octanol–water partition coefficient (Wildman–Crippen LogP) is 2.46. The van der Waals surface area contributed by atoms with Crippen LogP contribution in [0.15, 0.2) is 4.91 Å². The molecule has 0 aromatic rings. The van der Waals surface area contributed by atoms with Crippen LogP contribution in [0.2, 0.25) is 0 Å². The molecule has 2 heteroatoms. The lowest BCUT2D eigenvalue weighted by molar-refractivity contribution is 0.379. The van der Waals surface area contributed by atoms with Gasteiger partial charge in [-0.15, -0.1) is 11.8 Å². The van der Waals surface area contributed by atoms with Gasteiger partial charge in [-0.2, -0.15) is 0 Å².